The van der Waals surface area contributed by atoms with Crippen LogP contribution in [0.5, 0.6) is 5.75 Å². The molecule has 1 aromatic carbocycles. The van der Waals surface area contributed by atoms with Gasteiger partial charge in [-0.3, -0.25) is 9.59 Å². The molecule has 0 heterocycles. The fraction of sp³-hybridized carbons (Fsp3) is 0.385. The highest BCUT2D eigenvalue weighted by molar-refractivity contribution is 5.88. The first kappa shape index (κ1) is 18.2. The quantitative estimate of drug-likeness (QED) is 0.681. The smallest absolute Gasteiger partial charge is 0.236 e. The molecule has 1 rings (SSSR count). The molecule has 112 valence electrons. The summed E-state index contributed by atoms with van der Waals surface area (Å²) < 4.78 is 5.45. The normalized spacial score (nSPS) is 10.9. The van der Waals surface area contributed by atoms with E-state index < -0.39 is 6.04 Å². The average molecular weight is 302 g/mol. The largest absolute Gasteiger partial charge is 0.492 e. The first-order valence-corrected chi connectivity index (χ1v) is 6.03. The van der Waals surface area contributed by atoms with E-state index in [4.69, 9.17) is 10.5 Å². The molecule has 6 nitrogen and oxygen atoms in total. The van der Waals surface area contributed by atoms with Crippen molar-refractivity contribution in [3.05, 3.63) is 24.3 Å². The van der Waals surface area contributed by atoms with E-state index in [1.54, 1.807) is 31.2 Å². The van der Waals surface area contributed by atoms with Crippen molar-refractivity contribution in [2.75, 3.05) is 18.5 Å². The first-order valence-electron chi connectivity index (χ1n) is 6.03. The van der Waals surface area contributed by atoms with Gasteiger partial charge in [0.15, 0.2) is 0 Å². The zero-order valence-electron chi connectivity index (χ0n) is 11.5. The van der Waals surface area contributed by atoms with Gasteiger partial charge in [0.25, 0.3) is 0 Å². The first-order chi connectivity index (χ1) is 8.99. The highest BCUT2D eigenvalue weighted by atomic mass is 35.5. The number of ether oxygens (including phenoxy) is 1. The molecule has 0 saturated carbocycles. The van der Waals surface area contributed by atoms with Crippen LogP contribution in [0, 0.1) is 0 Å². The van der Waals surface area contributed by atoms with Crippen LogP contribution in [0.25, 0.3) is 0 Å². The number of hydrogen-bond donors (Lipinski definition) is 3. The lowest BCUT2D eigenvalue weighted by atomic mass is 10.3. The third-order valence-electron chi connectivity index (χ3n) is 2.24. The molecule has 0 bridgehead atoms. The van der Waals surface area contributed by atoms with Crippen LogP contribution in [0.15, 0.2) is 24.3 Å². The van der Waals surface area contributed by atoms with E-state index in [2.05, 4.69) is 10.6 Å². The molecule has 0 aromatic heterocycles. The van der Waals surface area contributed by atoms with Gasteiger partial charge in [0.05, 0.1) is 12.6 Å². The summed E-state index contributed by atoms with van der Waals surface area (Å²) in [7, 11) is 0. The van der Waals surface area contributed by atoms with E-state index in [0.717, 1.165) is 0 Å². The van der Waals surface area contributed by atoms with Crippen molar-refractivity contribution in [3.8, 4) is 5.75 Å². The van der Waals surface area contributed by atoms with Crippen LogP contribution in [0.2, 0.25) is 0 Å². The molecule has 0 radical (unpaired) electrons. The van der Waals surface area contributed by atoms with Crippen LogP contribution in [-0.4, -0.2) is 31.0 Å². The molecule has 0 aliphatic heterocycles. The second kappa shape index (κ2) is 9.17. The van der Waals surface area contributed by atoms with E-state index in [-0.39, 0.29) is 24.2 Å². The Balaban J connectivity index is 0.00000361. The molecule has 2 amide bonds. The number of carbonyl (C=O) groups excluding carboxylic acids is 2. The molecule has 20 heavy (non-hydrogen) atoms. The van der Waals surface area contributed by atoms with Gasteiger partial charge in [0.1, 0.15) is 12.4 Å². The Labute approximate surface area is 124 Å². The summed E-state index contributed by atoms with van der Waals surface area (Å²) in [6.45, 7) is 3.77. The summed E-state index contributed by atoms with van der Waals surface area (Å²) in [5, 5.41) is 5.30. The van der Waals surface area contributed by atoms with E-state index in [9.17, 15) is 9.59 Å². The lowest BCUT2D eigenvalue weighted by molar-refractivity contribution is -0.122. The number of carbonyl (C=O) groups is 2. The number of halogens is 1. The van der Waals surface area contributed by atoms with Crippen molar-refractivity contribution in [2.24, 2.45) is 5.73 Å². The molecule has 1 atom stereocenters. The Morgan fingerprint density at radius 3 is 2.70 bits per heavy atom. The average Bonchev–Trinajstić information content (AvgIpc) is 2.34. The number of benzene rings is 1. The topological polar surface area (TPSA) is 93.5 Å². The van der Waals surface area contributed by atoms with Gasteiger partial charge in [0.2, 0.25) is 11.8 Å². The Morgan fingerprint density at radius 1 is 1.40 bits per heavy atom. The van der Waals surface area contributed by atoms with E-state index in [0.29, 0.717) is 24.6 Å². The van der Waals surface area contributed by atoms with Gasteiger partial charge in [-0.25, -0.2) is 0 Å². The summed E-state index contributed by atoms with van der Waals surface area (Å²) in [5.74, 6) is 0.276. The zero-order chi connectivity index (χ0) is 14.3. The van der Waals surface area contributed by atoms with Gasteiger partial charge in [-0.15, -0.1) is 12.4 Å². The molecule has 0 fully saturated rings. The van der Waals surface area contributed by atoms with E-state index in [1.165, 1.54) is 6.92 Å². The maximum absolute atomic E-state index is 11.2. The third kappa shape index (κ3) is 6.96. The second-order valence-corrected chi connectivity index (χ2v) is 4.14. The van der Waals surface area contributed by atoms with Gasteiger partial charge < -0.3 is 21.1 Å². The van der Waals surface area contributed by atoms with Crippen molar-refractivity contribution in [1.82, 2.24) is 5.32 Å². The van der Waals surface area contributed by atoms with E-state index in [1.807, 2.05) is 0 Å². The van der Waals surface area contributed by atoms with Crippen LogP contribution in [0.1, 0.15) is 13.8 Å². The zero-order valence-corrected chi connectivity index (χ0v) is 12.3. The number of amides is 2. The summed E-state index contributed by atoms with van der Waals surface area (Å²) >= 11 is 0. The highest BCUT2D eigenvalue weighted by Crippen LogP contribution is 2.16. The van der Waals surface area contributed by atoms with Crippen molar-refractivity contribution in [2.45, 2.75) is 19.9 Å². The van der Waals surface area contributed by atoms with Gasteiger partial charge in [-0.2, -0.15) is 0 Å². The lowest BCUT2D eigenvalue weighted by Gasteiger charge is -2.10. The van der Waals surface area contributed by atoms with Gasteiger partial charge in [-0.05, 0) is 19.1 Å². The fourth-order valence-electron chi connectivity index (χ4n) is 1.37. The molecule has 0 aliphatic carbocycles. The number of nitrogens with two attached hydrogens (primary N) is 1. The van der Waals surface area contributed by atoms with E-state index >= 15 is 0 Å². The molecule has 0 aliphatic rings. The fourth-order valence-corrected chi connectivity index (χ4v) is 1.37. The lowest BCUT2D eigenvalue weighted by Crippen LogP contribution is -2.40. The molecule has 4 N–H and O–H groups in total. The van der Waals surface area contributed by atoms with Crippen LogP contribution in [-0.2, 0) is 9.59 Å². The summed E-state index contributed by atoms with van der Waals surface area (Å²) in [6.07, 6.45) is 0. The molecule has 1 aromatic rings. The summed E-state index contributed by atoms with van der Waals surface area (Å²) in [4.78, 5) is 22.1. The van der Waals surface area contributed by atoms with Crippen LogP contribution < -0.4 is 21.1 Å². The van der Waals surface area contributed by atoms with Gasteiger partial charge >= 0.3 is 0 Å². The Bertz CT molecular complexity index is 452. The van der Waals surface area contributed by atoms with Crippen LogP contribution in [0.4, 0.5) is 5.69 Å². The standard InChI is InChI=1S/C13H19N3O3.ClH/c1-9(14)13(18)15-6-7-19-12-5-3-4-11(8-12)16-10(2)17;/h3-5,8-9H,6-7,14H2,1-2H3,(H,15,18)(H,16,17);1H/t9-;/m0./s1. The Kier molecular flexibility index (Phi) is 8.35. The van der Waals surface area contributed by atoms with Crippen LogP contribution in [0.3, 0.4) is 0 Å². The number of hydrogen-bond acceptors (Lipinski definition) is 4. The molecule has 7 heteroatoms. The third-order valence-corrected chi connectivity index (χ3v) is 2.24. The maximum Gasteiger partial charge on any atom is 0.236 e. The summed E-state index contributed by atoms with van der Waals surface area (Å²) in [6, 6.07) is 6.52. The minimum atomic E-state index is -0.525. The predicted molar refractivity (Wildman–Crippen MR) is 80.1 cm³/mol. The van der Waals surface area contributed by atoms with Crippen molar-refractivity contribution in [3.63, 3.8) is 0 Å². The Morgan fingerprint density at radius 2 is 2.10 bits per heavy atom. The molecular weight excluding hydrogens is 282 g/mol. The van der Waals surface area contributed by atoms with Gasteiger partial charge in [-0.1, -0.05) is 6.07 Å². The monoisotopic (exact) mass is 301 g/mol. The van der Waals surface area contributed by atoms with Crippen molar-refractivity contribution >= 4 is 29.9 Å². The molecule has 0 unspecified atom stereocenters. The molecule has 0 saturated heterocycles. The maximum atomic E-state index is 11.2. The second-order valence-electron chi connectivity index (χ2n) is 4.14. The SMILES string of the molecule is CC(=O)Nc1cccc(OCCNC(=O)[C@H](C)N)c1.Cl. The minimum absolute atomic E-state index is 0. The number of nitrogens with one attached hydrogen (secondary N) is 2. The highest BCUT2D eigenvalue weighted by Gasteiger charge is 2.05. The summed E-state index contributed by atoms with van der Waals surface area (Å²) in [5.41, 5.74) is 6.07. The van der Waals surface area contributed by atoms with Crippen molar-refractivity contribution < 1.29 is 14.3 Å². The Hall–Kier alpha value is -1.79. The number of anilines is 1. The molecule has 0 spiro atoms. The number of rotatable bonds is 6. The minimum Gasteiger partial charge on any atom is -0.492 e. The van der Waals surface area contributed by atoms with Gasteiger partial charge in [0, 0.05) is 18.7 Å². The molecular formula is C13H20ClN3O3. The predicted octanol–water partition coefficient (Wildman–Crippen LogP) is 0.909. The van der Waals surface area contributed by atoms with Crippen molar-refractivity contribution in [1.29, 1.82) is 0 Å². The van der Waals surface area contributed by atoms with Crippen LogP contribution >= 0.6 is 12.4 Å².